The fraction of sp³-hybridized carbons (Fsp3) is 0.556. The van der Waals surface area contributed by atoms with E-state index in [9.17, 15) is 9.59 Å². The summed E-state index contributed by atoms with van der Waals surface area (Å²) in [7, 11) is 1.33. The van der Waals surface area contributed by atoms with Crippen molar-refractivity contribution < 1.29 is 19.1 Å². The lowest BCUT2D eigenvalue weighted by Crippen LogP contribution is -2.81. The van der Waals surface area contributed by atoms with Gasteiger partial charge in [-0.3, -0.25) is 4.79 Å². The molecule has 3 rings (SSSR count). The number of amides is 1. The second-order valence-corrected chi connectivity index (χ2v) is 7.15. The summed E-state index contributed by atoms with van der Waals surface area (Å²) in [5.41, 5.74) is 6.22. The van der Waals surface area contributed by atoms with E-state index in [2.05, 4.69) is 10.1 Å². The van der Waals surface area contributed by atoms with Crippen LogP contribution >= 0.6 is 12.4 Å². The van der Waals surface area contributed by atoms with Crippen molar-refractivity contribution in [2.24, 2.45) is 17.1 Å². The van der Waals surface area contributed by atoms with Gasteiger partial charge >= 0.3 is 5.97 Å². The van der Waals surface area contributed by atoms with Crippen LogP contribution in [0.2, 0.25) is 0 Å². The summed E-state index contributed by atoms with van der Waals surface area (Å²) < 4.78 is 10.5. The molecule has 138 valence electrons. The predicted octanol–water partition coefficient (Wildman–Crippen LogP) is 2.37. The molecule has 2 aliphatic rings. The number of anilines is 1. The highest BCUT2D eigenvalue weighted by Crippen LogP contribution is 2.57. The molecule has 0 bridgehead atoms. The minimum Gasteiger partial charge on any atom is -0.465 e. The van der Waals surface area contributed by atoms with Gasteiger partial charge in [0.15, 0.2) is 0 Å². The largest absolute Gasteiger partial charge is 0.465 e. The maximum absolute atomic E-state index is 12.9. The van der Waals surface area contributed by atoms with Gasteiger partial charge in [0.05, 0.1) is 18.8 Å². The Morgan fingerprint density at radius 2 is 1.92 bits per heavy atom. The van der Waals surface area contributed by atoms with Crippen LogP contribution in [0.4, 0.5) is 5.69 Å². The molecular weight excluding hydrogens is 344 g/mol. The molecule has 1 heterocycles. The fourth-order valence-corrected chi connectivity index (χ4v) is 4.08. The molecule has 1 saturated carbocycles. The third-order valence-electron chi connectivity index (χ3n) is 5.62. The van der Waals surface area contributed by atoms with Crippen molar-refractivity contribution in [3.05, 3.63) is 29.8 Å². The molecule has 3 N–H and O–H groups in total. The molecule has 0 radical (unpaired) electrons. The van der Waals surface area contributed by atoms with Crippen molar-refractivity contribution in [2.75, 3.05) is 19.0 Å². The van der Waals surface area contributed by atoms with Crippen molar-refractivity contribution in [2.45, 2.75) is 38.3 Å². The third kappa shape index (κ3) is 2.92. The maximum Gasteiger partial charge on any atom is 0.337 e. The van der Waals surface area contributed by atoms with Gasteiger partial charge in [-0.15, -0.1) is 12.4 Å². The third-order valence-corrected chi connectivity index (χ3v) is 5.62. The second kappa shape index (κ2) is 6.94. The Balaban J connectivity index is 0.00000225. The summed E-state index contributed by atoms with van der Waals surface area (Å²) in [6.07, 6.45) is 1.86. The first-order valence-corrected chi connectivity index (χ1v) is 8.22. The van der Waals surface area contributed by atoms with E-state index in [1.54, 1.807) is 24.3 Å². The fourth-order valence-electron chi connectivity index (χ4n) is 4.08. The molecule has 25 heavy (non-hydrogen) atoms. The highest BCUT2D eigenvalue weighted by molar-refractivity contribution is 6.00. The molecule has 3 atom stereocenters. The number of carbonyl (C=O) groups is 2. The predicted molar refractivity (Wildman–Crippen MR) is 96.8 cm³/mol. The van der Waals surface area contributed by atoms with Gasteiger partial charge in [0.2, 0.25) is 5.91 Å². The van der Waals surface area contributed by atoms with Gasteiger partial charge < -0.3 is 20.5 Å². The van der Waals surface area contributed by atoms with Crippen molar-refractivity contribution in [1.82, 2.24) is 0 Å². The Kier molecular flexibility index (Phi) is 5.47. The first-order chi connectivity index (χ1) is 11.3. The topological polar surface area (TPSA) is 90.7 Å². The molecule has 3 unspecified atom stereocenters. The smallest absolute Gasteiger partial charge is 0.337 e. The van der Waals surface area contributed by atoms with Crippen LogP contribution < -0.4 is 11.1 Å². The summed E-state index contributed by atoms with van der Waals surface area (Å²) in [5.74, 6) is -0.578. The molecule has 1 saturated heterocycles. The molecule has 1 aliphatic heterocycles. The standard InChI is InChI=1S/C18H24N2O4.ClH/c1-17(2)14-13(5-4-10-24-14)18(17,19)16(22)20-12-8-6-11(7-9-12)15(21)23-3;/h6-9,13-14H,4-5,10,19H2,1-3H3,(H,20,22);1H. The summed E-state index contributed by atoms with van der Waals surface area (Å²) in [6, 6.07) is 6.58. The molecule has 2 fully saturated rings. The zero-order chi connectivity index (χ0) is 17.5. The normalized spacial score (nSPS) is 29.4. The van der Waals surface area contributed by atoms with E-state index in [0.29, 0.717) is 11.3 Å². The van der Waals surface area contributed by atoms with Crippen molar-refractivity contribution in [3.63, 3.8) is 0 Å². The van der Waals surface area contributed by atoms with E-state index in [1.807, 2.05) is 13.8 Å². The summed E-state index contributed by atoms with van der Waals surface area (Å²) >= 11 is 0. The number of ether oxygens (including phenoxy) is 2. The van der Waals surface area contributed by atoms with Crippen LogP contribution in [0.5, 0.6) is 0 Å². The van der Waals surface area contributed by atoms with E-state index >= 15 is 0 Å². The Hall–Kier alpha value is -1.63. The van der Waals surface area contributed by atoms with Gasteiger partial charge in [0.25, 0.3) is 0 Å². The molecule has 0 aromatic heterocycles. The molecule has 6 nitrogen and oxygen atoms in total. The van der Waals surface area contributed by atoms with Gasteiger partial charge in [-0.2, -0.15) is 0 Å². The van der Waals surface area contributed by atoms with Gasteiger partial charge in [-0.1, -0.05) is 13.8 Å². The van der Waals surface area contributed by atoms with Gasteiger partial charge in [0, 0.05) is 23.6 Å². The molecule has 0 spiro atoms. The minimum atomic E-state index is -0.959. The second-order valence-electron chi connectivity index (χ2n) is 7.15. The number of methoxy groups -OCH3 is 1. The van der Waals surface area contributed by atoms with Crippen LogP contribution in [0.3, 0.4) is 0 Å². The highest BCUT2D eigenvalue weighted by Gasteiger charge is 2.70. The number of rotatable bonds is 3. The van der Waals surface area contributed by atoms with Crippen molar-refractivity contribution >= 4 is 30.0 Å². The number of halogens is 1. The Morgan fingerprint density at radius 3 is 2.52 bits per heavy atom. The van der Waals surface area contributed by atoms with Crippen LogP contribution in [-0.2, 0) is 14.3 Å². The SMILES string of the molecule is COC(=O)c1ccc(NC(=O)C2(N)C3CCCOC3C2(C)C)cc1.Cl. The van der Waals surface area contributed by atoms with Gasteiger partial charge in [-0.25, -0.2) is 4.79 Å². The highest BCUT2D eigenvalue weighted by atomic mass is 35.5. The van der Waals surface area contributed by atoms with E-state index < -0.39 is 16.9 Å². The lowest BCUT2D eigenvalue weighted by molar-refractivity contribution is -0.222. The Bertz CT molecular complexity index is 662. The average Bonchev–Trinajstić information content (AvgIpc) is 2.60. The zero-order valence-corrected chi connectivity index (χ0v) is 15.5. The van der Waals surface area contributed by atoms with Crippen LogP contribution in [-0.4, -0.2) is 37.2 Å². The molecule has 1 amide bonds. The molecule has 7 heteroatoms. The van der Waals surface area contributed by atoms with Crippen LogP contribution in [0.1, 0.15) is 37.0 Å². The van der Waals surface area contributed by atoms with E-state index in [-0.39, 0.29) is 30.3 Å². The van der Waals surface area contributed by atoms with Crippen molar-refractivity contribution in [3.8, 4) is 0 Å². The molecule has 1 aliphatic carbocycles. The monoisotopic (exact) mass is 368 g/mol. The summed E-state index contributed by atoms with van der Waals surface area (Å²) in [4.78, 5) is 24.3. The number of esters is 1. The Morgan fingerprint density at radius 1 is 1.28 bits per heavy atom. The summed E-state index contributed by atoms with van der Waals surface area (Å²) in [5, 5.41) is 2.89. The quantitative estimate of drug-likeness (QED) is 0.799. The van der Waals surface area contributed by atoms with Crippen LogP contribution in [0.25, 0.3) is 0 Å². The number of hydrogen-bond donors (Lipinski definition) is 2. The van der Waals surface area contributed by atoms with E-state index in [4.69, 9.17) is 10.5 Å². The van der Waals surface area contributed by atoms with E-state index in [1.165, 1.54) is 7.11 Å². The van der Waals surface area contributed by atoms with E-state index in [0.717, 1.165) is 19.4 Å². The number of carbonyl (C=O) groups excluding carboxylic acids is 2. The number of hydrogen-bond acceptors (Lipinski definition) is 5. The molecule has 1 aromatic carbocycles. The number of fused-ring (bicyclic) bond motifs is 1. The number of nitrogens with two attached hydrogens (primary N) is 1. The minimum absolute atomic E-state index is 0. The van der Waals surface area contributed by atoms with Crippen LogP contribution in [0.15, 0.2) is 24.3 Å². The average molecular weight is 369 g/mol. The van der Waals surface area contributed by atoms with Gasteiger partial charge in [0.1, 0.15) is 5.54 Å². The lowest BCUT2D eigenvalue weighted by Gasteiger charge is -2.65. The van der Waals surface area contributed by atoms with Crippen LogP contribution in [0, 0.1) is 11.3 Å². The first-order valence-electron chi connectivity index (χ1n) is 8.22. The van der Waals surface area contributed by atoms with Crippen molar-refractivity contribution in [1.29, 1.82) is 0 Å². The Labute approximate surface area is 153 Å². The maximum atomic E-state index is 12.9. The first kappa shape index (κ1) is 19.7. The molecular formula is C18H25ClN2O4. The zero-order valence-electron chi connectivity index (χ0n) is 14.7. The summed E-state index contributed by atoms with van der Waals surface area (Å²) in [6.45, 7) is 4.70. The van der Waals surface area contributed by atoms with Gasteiger partial charge in [-0.05, 0) is 37.1 Å². The number of benzene rings is 1. The lowest BCUT2D eigenvalue weighted by atomic mass is 9.46. The number of nitrogens with one attached hydrogen (secondary N) is 1. The molecule has 1 aromatic rings.